The lowest BCUT2D eigenvalue weighted by Gasteiger charge is -2.45. The van der Waals surface area contributed by atoms with Crippen LogP contribution in [0.5, 0.6) is 5.75 Å². The van der Waals surface area contributed by atoms with Gasteiger partial charge in [-0.05, 0) is 84.1 Å². The molecular formula is C39H45Cl2N9O5. The number of amides is 3. The number of halogens is 2. The molecule has 16 heteroatoms. The molecule has 3 amide bonds. The van der Waals surface area contributed by atoms with Gasteiger partial charge in [0.2, 0.25) is 0 Å². The van der Waals surface area contributed by atoms with Crippen LogP contribution in [0.25, 0.3) is 5.69 Å². The zero-order chi connectivity index (χ0) is 38.6. The summed E-state index contributed by atoms with van der Waals surface area (Å²) < 4.78 is 7.12. The number of hydrogen-bond acceptors (Lipinski definition) is 9. The standard InChI is InChI=1S/C39H45Cl2N9O5/c1-55-34-10-8-30(50-27-42-44-45-50)24-31(34)36(53)49-18-12-38(26-49,29-7-9-32(40)33(41)23-29)11-15-46-16-13-39(14-17-46,28-5-3-2-4-6-28)43-37(54)48-21-19-47(20-22-48)25-35(51)52/h2-10,23-24,27H,11-22,25-26H2,1H3,(H,43,54)(H,51,52)/t38-/m1/s1. The molecule has 55 heavy (non-hydrogen) atoms. The van der Waals surface area contributed by atoms with Crippen molar-refractivity contribution in [3.05, 3.63) is 99.8 Å². The maximum atomic E-state index is 14.2. The van der Waals surface area contributed by atoms with Crippen LogP contribution in [0.15, 0.2) is 73.1 Å². The molecule has 0 saturated carbocycles. The fourth-order valence-electron chi connectivity index (χ4n) is 8.27. The van der Waals surface area contributed by atoms with Gasteiger partial charge in [0, 0.05) is 57.8 Å². The molecule has 290 valence electrons. The monoisotopic (exact) mass is 789 g/mol. The fraction of sp³-hybridized carbons (Fsp3) is 0.436. The summed E-state index contributed by atoms with van der Waals surface area (Å²) in [6, 6.07) is 21.1. The van der Waals surface area contributed by atoms with Crippen LogP contribution < -0.4 is 10.1 Å². The van der Waals surface area contributed by atoms with Crippen LogP contribution in [0, 0.1) is 0 Å². The molecule has 0 radical (unpaired) electrons. The number of nitrogens with zero attached hydrogens (tertiary/aromatic N) is 8. The van der Waals surface area contributed by atoms with Crippen LogP contribution in [0.4, 0.5) is 4.79 Å². The summed E-state index contributed by atoms with van der Waals surface area (Å²) in [4.78, 5) is 47.1. The molecule has 7 rings (SSSR count). The van der Waals surface area contributed by atoms with Crippen LogP contribution in [0.1, 0.15) is 47.2 Å². The van der Waals surface area contributed by atoms with E-state index in [2.05, 4.69) is 37.9 Å². The molecule has 0 spiro atoms. The van der Waals surface area contributed by atoms with E-state index in [-0.39, 0.29) is 23.9 Å². The van der Waals surface area contributed by atoms with Gasteiger partial charge in [-0.25, -0.2) is 9.48 Å². The number of urea groups is 1. The van der Waals surface area contributed by atoms with Crippen LogP contribution in [0.3, 0.4) is 0 Å². The van der Waals surface area contributed by atoms with Gasteiger partial charge in [-0.2, -0.15) is 0 Å². The van der Waals surface area contributed by atoms with Gasteiger partial charge in [-0.1, -0.05) is 59.6 Å². The number of benzene rings is 3. The largest absolute Gasteiger partial charge is 0.496 e. The number of aliphatic carboxylic acids is 1. The molecule has 0 aliphatic carbocycles. The second-order valence-electron chi connectivity index (χ2n) is 14.7. The second kappa shape index (κ2) is 16.5. The number of piperidine rings is 1. The smallest absolute Gasteiger partial charge is 0.318 e. The van der Waals surface area contributed by atoms with E-state index in [1.165, 1.54) is 11.0 Å². The summed E-state index contributed by atoms with van der Waals surface area (Å²) in [5.41, 5.74) is 2.27. The minimum atomic E-state index is -0.862. The molecule has 3 aliphatic heterocycles. The number of nitrogens with one attached hydrogen (secondary N) is 1. The highest BCUT2D eigenvalue weighted by atomic mass is 35.5. The molecule has 3 aromatic carbocycles. The Bertz CT molecular complexity index is 1990. The Morgan fingerprint density at radius 1 is 0.836 bits per heavy atom. The van der Waals surface area contributed by atoms with Crippen LogP contribution in [-0.2, 0) is 15.7 Å². The summed E-state index contributed by atoms with van der Waals surface area (Å²) in [6.45, 7) is 5.33. The maximum absolute atomic E-state index is 14.2. The molecule has 1 aromatic heterocycles. The molecule has 0 bridgehead atoms. The molecule has 0 unspecified atom stereocenters. The predicted octanol–water partition coefficient (Wildman–Crippen LogP) is 4.55. The third-order valence-electron chi connectivity index (χ3n) is 11.5. The average Bonchev–Trinajstić information content (AvgIpc) is 3.91. The van der Waals surface area contributed by atoms with Crippen LogP contribution in [-0.4, -0.2) is 135 Å². The topological polar surface area (TPSA) is 149 Å². The molecule has 4 aromatic rings. The van der Waals surface area contributed by atoms with E-state index in [1.807, 2.05) is 46.2 Å². The number of tetrazole rings is 1. The highest BCUT2D eigenvalue weighted by molar-refractivity contribution is 6.42. The fourth-order valence-corrected chi connectivity index (χ4v) is 8.57. The zero-order valence-corrected chi connectivity index (χ0v) is 32.3. The number of likely N-dealkylation sites (tertiary alicyclic amines) is 2. The van der Waals surface area contributed by atoms with E-state index in [1.54, 1.807) is 30.2 Å². The van der Waals surface area contributed by atoms with Crippen molar-refractivity contribution in [2.75, 3.05) is 72.6 Å². The van der Waals surface area contributed by atoms with E-state index in [0.717, 1.165) is 56.4 Å². The first-order valence-electron chi connectivity index (χ1n) is 18.5. The van der Waals surface area contributed by atoms with Gasteiger partial charge in [0.25, 0.3) is 5.91 Å². The van der Waals surface area contributed by atoms with Crippen molar-refractivity contribution in [2.45, 2.75) is 36.6 Å². The Hall–Kier alpha value is -4.76. The number of carboxylic acid groups (broad SMARTS) is 1. The van der Waals surface area contributed by atoms with Crippen molar-refractivity contribution in [2.24, 2.45) is 0 Å². The van der Waals surface area contributed by atoms with E-state index < -0.39 is 11.5 Å². The summed E-state index contributed by atoms with van der Waals surface area (Å²) in [6.07, 6.45) is 4.45. The van der Waals surface area contributed by atoms with Crippen molar-refractivity contribution in [3.8, 4) is 11.4 Å². The van der Waals surface area contributed by atoms with E-state index in [0.29, 0.717) is 66.3 Å². The molecular weight excluding hydrogens is 745 g/mol. The van der Waals surface area contributed by atoms with E-state index in [4.69, 9.17) is 27.9 Å². The van der Waals surface area contributed by atoms with Gasteiger partial charge in [0.15, 0.2) is 0 Å². The first-order valence-corrected chi connectivity index (χ1v) is 19.3. The second-order valence-corrected chi connectivity index (χ2v) is 15.5. The molecule has 3 saturated heterocycles. The van der Waals surface area contributed by atoms with Gasteiger partial charge in [0.1, 0.15) is 12.1 Å². The lowest BCUT2D eigenvalue weighted by Crippen LogP contribution is -2.59. The van der Waals surface area contributed by atoms with E-state index >= 15 is 0 Å². The van der Waals surface area contributed by atoms with Crippen molar-refractivity contribution in [1.82, 2.24) is 45.1 Å². The van der Waals surface area contributed by atoms with Crippen molar-refractivity contribution < 1.29 is 24.2 Å². The zero-order valence-electron chi connectivity index (χ0n) is 30.7. The molecule has 1 atom stereocenters. The molecule has 3 fully saturated rings. The number of rotatable bonds is 11. The molecule has 14 nitrogen and oxygen atoms in total. The third-order valence-corrected chi connectivity index (χ3v) is 12.2. The lowest BCUT2D eigenvalue weighted by atomic mass is 9.76. The highest BCUT2D eigenvalue weighted by Crippen LogP contribution is 2.42. The minimum absolute atomic E-state index is 0.0223. The average molecular weight is 791 g/mol. The Morgan fingerprint density at radius 2 is 1.60 bits per heavy atom. The SMILES string of the molecule is COc1ccc(-n2cnnn2)cc1C(=O)N1CC[C@@](CCN2CCC(NC(=O)N3CCN(CC(=O)O)CC3)(c3ccccc3)CC2)(c2ccc(Cl)c(Cl)c2)C1. The third kappa shape index (κ3) is 8.42. The first kappa shape index (κ1) is 38.5. The van der Waals surface area contributed by atoms with Gasteiger partial charge in [-0.3, -0.25) is 14.5 Å². The normalized spacial score (nSPS) is 20.3. The van der Waals surface area contributed by atoms with Gasteiger partial charge in [0.05, 0.1) is 40.5 Å². The van der Waals surface area contributed by atoms with Crippen LogP contribution in [0.2, 0.25) is 10.0 Å². The number of methoxy groups -OCH3 is 1. The van der Waals surface area contributed by atoms with E-state index in [9.17, 15) is 19.5 Å². The Kier molecular flexibility index (Phi) is 11.6. The minimum Gasteiger partial charge on any atom is -0.496 e. The number of ether oxygens (including phenoxy) is 1. The predicted molar refractivity (Wildman–Crippen MR) is 207 cm³/mol. The number of piperazine rings is 1. The maximum Gasteiger partial charge on any atom is 0.318 e. The number of hydrogen-bond donors (Lipinski definition) is 2. The van der Waals surface area contributed by atoms with Crippen molar-refractivity contribution in [3.63, 3.8) is 0 Å². The van der Waals surface area contributed by atoms with Gasteiger partial charge in [-0.15, -0.1) is 5.10 Å². The highest BCUT2D eigenvalue weighted by Gasteiger charge is 2.44. The Labute approximate surface area is 329 Å². The summed E-state index contributed by atoms with van der Waals surface area (Å²) >= 11 is 13.0. The Balaban J connectivity index is 1.06. The molecule has 4 heterocycles. The molecule has 2 N–H and O–H groups in total. The lowest BCUT2D eigenvalue weighted by molar-refractivity contribution is -0.138. The number of carbonyl (C=O) groups excluding carboxylic acids is 2. The first-order chi connectivity index (χ1) is 26.6. The number of aromatic nitrogens is 4. The number of carbonyl (C=O) groups is 3. The number of carboxylic acids is 1. The Morgan fingerprint density at radius 3 is 2.27 bits per heavy atom. The van der Waals surface area contributed by atoms with Gasteiger partial charge < -0.3 is 29.9 Å². The summed E-state index contributed by atoms with van der Waals surface area (Å²) in [5, 5.41) is 25.0. The summed E-state index contributed by atoms with van der Waals surface area (Å²) in [5.74, 6) is -0.533. The van der Waals surface area contributed by atoms with Crippen LogP contribution >= 0.6 is 23.2 Å². The molecule has 3 aliphatic rings. The van der Waals surface area contributed by atoms with Crippen molar-refractivity contribution in [1.29, 1.82) is 0 Å². The summed E-state index contributed by atoms with van der Waals surface area (Å²) in [7, 11) is 1.55. The van der Waals surface area contributed by atoms with Gasteiger partial charge >= 0.3 is 12.0 Å². The quantitative estimate of drug-likeness (QED) is 0.222. The van der Waals surface area contributed by atoms with Crippen molar-refractivity contribution >= 4 is 41.1 Å².